The molecule has 3 aromatic carbocycles. The Morgan fingerprint density at radius 3 is 1.97 bits per heavy atom. The molecule has 0 radical (unpaired) electrons. The number of ether oxygens (including phenoxy) is 2. The Morgan fingerprint density at radius 1 is 0.735 bits per heavy atom. The third-order valence-corrected chi connectivity index (χ3v) is 5.43. The van der Waals surface area contributed by atoms with Crippen LogP contribution in [-0.2, 0) is 19.1 Å². The Hall–Kier alpha value is -3.65. The number of rotatable bonds is 9. The number of aryl methyl sites for hydroxylation is 2. The summed E-state index contributed by atoms with van der Waals surface area (Å²) in [5.41, 5.74) is 3.51. The molecule has 0 unspecified atom stereocenters. The summed E-state index contributed by atoms with van der Waals surface area (Å²) >= 11 is 3.31. The standard InChI is InChI=1S/C26H25BrN2O5/c1-17-3-10-23(15-18(17)2)34-22-11-8-21(9-12-22)28-24(30)13-14-26(32)33-16-25(31)29-20-6-4-19(27)5-7-20/h3-12,15H,13-14,16H2,1-2H3,(H,28,30)(H,29,31). The van der Waals surface area contributed by atoms with Gasteiger partial charge in [-0.05, 0) is 85.6 Å². The normalized spacial score (nSPS) is 10.3. The highest BCUT2D eigenvalue weighted by Gasteiger charge is 2.11. The number of carbonyl (C=O) groups is 3. The summed E-state index contributed by atoms with van der Waals surface area (Å²) in [6, 6.07) is 19.8. The number of esters is 1. The number of amides is 2. The van der Waals surface area contributed by atoms with Crippen molar-refractivity contribution < 1.29 is 23.9 Å². The van der Waals surface area contributed by atoms with Gasteiger partial charge in [0.05, 0.1) is 6.42 Å². The maximum atomic E-state index is 12.1. The molecule has 0 saturated carbocycles. The fourth-order valence-corrected chi connectivity index (χ4v) is 3.17. The van der Waals surface area contributed by atoms with Crippen LogP contribution in [0.15, 0.2) is 71.2 Å². The van der Waals surface area contributed by atoms with Crippen LogP contribution < -0.4 is 15.4 Å². The maximum Gasteiger partial charge on any atom is 0.306 e. The van der Waals surface area contributed by atoms with E-state index in [4.69, 9.17) is 9.47 Å². The Bertz CT molecular complexity index is 1160. The molecule has 0 heterocycles. The number of carbonyl (C=O) groups excluding carboxylic acids is 3. The van der Waals surface area contributed by atoms with Gasteiger partial charge in [-0.25, -0.2) is 0 Å². The van der Waals surface area contributed by atoms with Gasteiger partial charge in [-0.15, -0.1) is 0 Å². The minimum absolute atomic E-state index is 0.0614. The summed E-state index contributed by atoms with van der Waals surface area (Å²) < 4.78 is 11.7. The number of hydrogen-bond acceptors (Lipinski definition) is 5. The monoisotopic (exact) mass is 524 g/mol. The van der Waals surface area contributed by atoms with Crippen LogP contribution in [0.5, 0.6) is 11.5 Å². The van der Waals surface area contributed by atoms with E-state index < -0.39 is 18.5 Å². The van der Waals surface area contributed by atoms with Crippen molar-refractivity contribution in [1.29, 1.82) is 0 Å². The molecule has 7 nitrogen and oxygen atoms in total. The van der Waals surface area contributed by atoms with Gasteiger partial charge in [-0.3, -0.25) is 14.4 Å². The maximum absolute atomic E-state index is 12.1. The first-order chi connectivity index (χ1) is 16.3. The van der Waals surface area contributed by atoms with E-state index in [1.807, 2.05) is 32.0 Å². The molecule has 0 fully saturated rings. The first-order valence-electron chi connectivity index (χ1n) is 10.6. The number of anilines is 2. The van der Waals surface area contributed by atoms with E-state index in [-0.39, 0.29) is 18.7 Å². The quantitative estimate of drug-likeness (QED) is 0.347. The molecule has 0 saturated heterocycles. The van der Waals surface area contributed by atoms with Crippen molar-refractivity contribution in [3.63, 3.8) is 0 Å². The fraction of sp³-hybridized carbons (Fsp3) is 0.192. The molecule has 0 atom stereocenters. The summed E-state index contributed by atoms with van der Waals surface area (Å²) in [4.78, 5) is 35.9. The second-order valence-electron chi connectivity index (χ2n) is 7.64. The van der Waals surface area contributed by atoms with Crippen molar-refractivity contribution in [1.82, 2.24) is 0 Å². The van der Waals surface area contributed by atoms with E-state index in [0.29, 0.717) is 17.1 Å². The van der Waals surface area contributed by atoms with Crippen molar-refractivity contribution in [2.24, 2.45) is 0 Å². The molecule has 0 spiro atoms. The van der Waals surface area contributed by atoms with E-state index in [9.17, 15) is 14.4 Å². The van der Waals surface area contributed by atoms with Gasteiger partial charge >= 0.3 is 5.97 Å². The van der Waals surface area contributed by atoms with E-state index in [1.54, 1.807) is 48.5 Å². The molecule has 3 aromatic rings. The van der Waals surface area contributed by atoms with Crippen LogP contribution in [0, 0.1) is 13.8 Å². The first kappa shape index (κ1) is 25.0. The zero-order valence-corrected chi connectivity index (χ0v) is 20.5. The highest BCUT2D eigenvalue weighted by atomic mass is 79.9. The van der Waals surface area contributed by atoms with Gasteiger partial charge in [-0.1, -0.05) is 22.0 Å². The molecule has 2 amide bonds. The van der Waals surface area contributed by atoms with Crippen LogP contribution in [0.25, 0.3) is 0 Å². The van der Waals surface area contributed by atoms with Crippen LogP contribution in [0.4, 0.5) is 11.4 Å². The Labute approximate surface area is 206 Å². The minimum atomic E-state index is -0.627. The Morgan fingerprint density at radius 2 is 1.32 bits per heavy atom. The molecular formula is C26H25BrN2O5. The fourth-order valence-electron chi connectivity index (χ4n) is 2.91. The van der Waals surface area contributed by atoms with E-state index in [1.165, 1.54) is 5.56 Å². The SMILES string of the molecule is Cc1ccc(Oc2ccc(NC(=O)CCC(=O)OCC(=O)Nc3ccc(Br)cc3)cc2)cc1C. The lowest BCUT2D eigenvalue weighted by molar-refractivity contribution is -0.147. The second kappa shape index (κ2) is 12.0. The van der Waals surface area contributed by atoms with Gasteiger partial charge in [0.1, 0.15) is 11.5 Å². The molecule has 0 aliphatic rings. The number of benzene rings is 3. The lowest BCUT2D eigenvalue weighted by atomic mass is 10.1. The van der Waals surface area contributed by atoms with Gasteiger partial charge < -0.3 is 20.1 Å². The third kappa shape index (κ3) is 8.04. The van der Waals surface area contributed by atoms with Crippen molar-refractivity contribution in [2.45, 2.75) is 26.7 Å². The minimum Gasteiger partial charge on any atom is -0.457 e. The molecule has 0 aliphatic heterocycles. The number of nitrogens with one attached hydrogen (secondary N) is 2. The highest BCUT2D eigenvalue weighted by Crippen LogP contribution is 2.25. The lowest BCUT2D eigenvalue weighted by Crippen LogP contribution is -2.21. The van der Waals surface area contributed by atoms with Crippen LogP contribution in [0.2, 0.25) is 0 Å². The summed E-state index contributed by atoms with van der Waals surface area (Å²) in [6.45, 7) is 3.65. The third-order valence-electron chi connectivity index (χ3n) is 4.90. The summed E-state index contributed by atoms with van der Waals surface area (Å²) in [6.07, 6.45) is -0.195. The topological polar surface area (TPSA) is 93.7 Å². The van der Waals surface area contributed by atoms with Crippen LogP contribution in [0.1, 0.15) is 24.0 Å². The van der Waals surface area contributed by atoms with Crippen molar-refractivity contribution >= 4 is 45.1 Å². The van der Waals surface area contributed by atoms with Gasteiger partial charge in [0.15, 0.2) is 6.61 Å². The molecule has 34 heavy (non-hydrogen) atoms. The second-order valence-corrected chi connectivity index (χ2v) is 8.55. The molecule has 8 heteroatoms. The molecule has 0 aliphatic carbocycles. The van der Waals surface area contributed by atoms with E-state index >= 15 is 0 Å². The lowest BCUT2D eigenvalue weighted by Gasteiger charge is -2.10. The first-order valence-corrected chi connectivity index (χ1v) is 11.4. The average molecular weight is 525 g/mol. The number of hydrogen-bond donors (Lipinski definition) is 2. The molecule has 176 valence electrons. The summed E-state index contributed by atoms with van der Waals surface area (Å²) in [5, 5.41) is 5.34. The van der Waals surface area contributed by atoms with E-state index in [2.05, 4.69) is 26.6 Å². The van der Waals surface area contributed by atoms with Crippen molar-refractivity contribution in [3.8, 4) is 11.5 Å². The largest absolute Gasteiger partial charge is 0.457 e. The number of halogens is 1. The van der Waals surface area contributed by atoms with Gasteiger partial charge in [0.2, 0.25) is 5.91 Å². The molecule has 3 rings (SSSR count). The zero-order chi connectivity index (χ0) is 24.5. The predicted octanol–water partition coefficient (Wildman–Crippen LogP) is 5.76. The van der Waals surface area contributed by atoms with Gasteiger partial charge in [0.25, 0.3) is 5.91 Å². The average Bonchev–Trinajstić information content (AvgIpc) is 2.81. The zero-order valence-electron chi connectivity index (χ0n) is 18.9. The van der Waals surface area contributed by atoms with Gasteiger partial charge in [0, 0.05) is 22.3 Å². The molecule has 2 N–H and O–H groups in total. The van der Waals surface area contributed by atoms with E-state index in [0.717, 1.165) is 15.8 Å². The summed E-state index contributed by atoms with van der Waals surface area (Å²) in [5.74, 6) is -0.0317. The van der Waals surface area contributed by atoms with Gasteiger partial charge in [-0.2, -0.15) is 0 Å². The molecule has 0 aromatic heterocycles. The highest BCUT2D eigenvalue weighted by molar-refractivity contribution is 9.10. The van der Waals surface area contributed by atoms with Crippen molar-refractivity contribution in [3.05, 3.63) is 82.3 Å². The molecular weight excluding hydrogens is 500 g/mol. The predicted molar refractivity (Wildman–Crippen MR) is 134 cm³/mol. The smallest absolute Gasteiger partial charge is 0.306 e. The van der Waals surface area contributed by atoms with Crippen LogP contribution in [0.3, 0.4) is 0 Å². The Kier molecular flexibility index (Phi) is 8.81. The van der Waals surface area contributed by atoms with Crippen molar-refractivity contribution in [2.75, 3.05) is 17.2 Å². The van der Waals surface area contributed by atoms with Crippen LogP contribution >= 0.6 is 15.9 Å². The summed E-state index contributed by atoms with van der Waals surface area (Å²) in [7, 11) is 0. The Balaban J connectivity index is 1.37. The van der Waals surface area contributed by atoms with Crippen LogP contribution in [-0.4, -0.2) is 24.4 Å². The molecule has 0 bridgehead atoms.